The predicted molar refractivity (Wildman–Crippen MR) is 153 cm³/mol. The van der Waals surface area contributed by atoms with E-state index in [9.17, 15) is 9.59 Å². The van der Waals surface area contributed by atoms with E-state index >= 15 is 0 Å². The van der Waals surface area contributed by atoms with Crippen LogP contribution in [0.4, 0.5) is 0 Å². The van der Waals surface area contributed by atoms with Gasteiger partial charge in [-0.1, -0.05) is 65.8 Å². The predicted octanol–water partition coefficient (Wildman–Crippen LogP) is 7.88. The number of hydrogen-bond acceptors (Lipinski definition) is 4. The highest BCUT2D eigenvalue weighted by Gasteiger charge is 2.69. The van der Waals surface area contributed by atoms with Crippen molar-refractivity contribution in [3.8, 4) is 0 Å². The molecule has 0 aromatic heterocycles. The average molecular weight is 529 g/mol. The van der Waals surface area contributed by atoms with Crippen LogP contribution in [0.25, 0.3) is 0 Å². The molecule has 0 saturated heterocycles. The van der Waals surface area contributed by atoms with Crippen LogP contribution in [0.5, 0.6) is 0 Å². The topological polar surface area (TPSA) is 52.6 Å². The molecule has 4 saturated carbocycles. The van der Waals surface area contributed by atoms with Gasteiger partial charge in [-0.15, -0.1) is 0 Å². The lowest BCUT2D eigenvalue weighted by Gasteiger charge is -2.49. The Morgan fingerprint density at radius 3 is 1.82 bits per heavy atom. The zero-order valence-electron chi connectivity index (χ0n) is 24.5. The van der Waals surface area contributed by atoms with Gasteiger partial charge in [0.25, 0.3) is 0 Å². The Labute approximate surface area is 233 Å². The molecule has 7 atom stereocenters. The number of rotatable bonds is 4. The van der Waals surface area contributed by atoms with Gasteiger partial charge in [-0.05, 0) is 108 Å². The highest BCUT2D eigenvalue weighted by Crippen LogP contribution is 2.72. The number of carbonyl (C=O) groups is 2. The number of hydrogen-bond donors (Lipinski definition) is 0. The highest BCUT2D eigenvalue weighted by atomic mass is 16.6. The molecule has 0 amide bonds. The summed E-state index contributed by atoms with van der Waals surface area (Å²) >= 11 is 0. The van der Waals surface area contributed by atoms with Crippen LogP contribution in [-0.4, -0.2) is 24.1 Å². The number of ether oxygens (including phenoxy) is 2. The van der Waals surface area contributed by atoms with Crippen molar-refractivity contribution in [2.45, 2.75) is 103 Å². The molecule has 4 nitrogen and oxygen atoms in total. The molecular formula is C35H44O4. The summed E-state index contributed by atoms with van der Waals surface area (Å²) in [7, 11) is 0. The van der Waals surface area contributed by atoms with Crippen molar-refractivity contribution in [2.24, 2.45) is 29.1 Å². The Morgan fingerprint density at radius 2 is 1.28 bits per heavy atom. The van der Waals surface area contributed by atoms with Crippen LogP contribution in [0.15, 0.2) is 48.5 Å². The molecular weight excluding hydrogens is 484 g/mol. The fraction of sp³-hybridized carbons (Fsp3) is 0.600. The van der Waals surface area contributed by atoms with Gasteiger partial charge in [0, 0.05) is 5.92 Å². The number of esters is 2. The van der Waals surface area contributed by atoms with Crippen LogP contribution in [0, 0.1) is 29.1 Å². The van der Waals surface area contributed by atoms with Crippen molar-refractivity contribution in [2.75, 3.05) is 0 Å². The fourth-order valence-corrected chi connectivity index (χ4v) is 8.79. The molecule has 208 valence electrons. The molecule has 0 heterocycles. The van der Waals surface area contributed by atoms with Gasteiger partial charge in [0.1, 0.15) is 12.2 Å². The van der Waals surface area contributed by atoms with E-state index in [1.54, 1.807) is 0 Å². The minimum Gasteiger partial charge on any atom is -0.455 e. The van der Waals surface area contributed by atoms with Crippen molar-refractivity contribution in [1.29, 1.82) is 0 Å². The summed E-state index contributed by atoms with van der Waals surface area (Å²) in [5.41, 5.74) is 3.79. The van der Waals surface area contributed by atoms with Crippen LogP contribution in [0.1, 0.15) is 112 Å². The van der Waals surface area contributed by atoms with Crippen LogP contribution in [-0.2, 0) is 20.3 Å². The molecule has 2 aromatic rings. The molecule has 4 fully saturated rings. The third-order valence-corrected chi connectivity index (χ3v) is 10.7. The first-order chi connectivity index (χ1) is 18.4. The first-order valence-corrected chi connectivity index (χ1v) is 15.0. The minimum absolute atomic E-state index is 0.0190. The molecule has 0 N–H and O–H groups in total. The first kappa shape index (κ1) is 26.6. The Balaban J connectivity index is 1.26. The molecule has 4 aliphatic carbocycles. The summed E-state index contributed by atoms with van der Waals surface area (Å²) in [6.45, 7) is 13.0. The SMILES string of the molecule is CC(C)(C)c1ccc(C(=O)OC2CC34CCC(C2OC(=O)c2ccc(C(C)(C)C)cc2)C3C2CCC4C2)cc1. The second-order valence-corrected chi connectivity index (χ2v) is 14.9. The maximum Gasteiger partial charge on any atom is 0.338 e. The molecule has 6 rings (SSSR count). The number of benzene rings is 2. The summed E-state index contributed by atoms with van der Waals surface area (Å²) < 4.78 is 12.6. The summed E-state index contributed by atoms with van der Waals surface area (Å²) in [6.07, 6.45) is 6.16. The largest absolute Gasteiger partial charge is 0.455 e. The average Bonchev–Trinajstić information content (AvgIpc) is 3.57. The van der Waals surface area contributed by atoms with Gasteiger partial charge in [-0.25, -0.2) is 9.59 Å². The van der Waals surface area contributed by atoms with E-state index in [4.69, 9.17) is 9.47 Å². The van der Waals surface area contributed by atoms with Gasteiger partial charge in [-0.2, -0.15) is 0 Å². The Kier molecular flexibility index (Phi) is 6.28. The summed E-state index contributed by atoms with van der Waals surface area (Å²) in [5.74, 6) is 1.71. The zero-order chi connectivity index (χ0) is 27.7. The third kappa shape index (κ3) is 4.52. The van der Waals surface area contributed by atoms with E-state index in [0.717, 1.165) is 24.7 Å². The quantitative estimate of drug-likeness (QED) is 0.379. The molecule has 4 heteroatoms. The van der Waals surface area contributed by atoms with E-state index in [2.05, 4.69) is 41.5 Å². The maximum atomic E-state index is 13.5. The Bertz CT molecular complexity index is 1250. The number of carbonyl (C=O) groups excluding carboxylic acids is 2. The van der Waals surface area contributed by atoms with E-state index in [1.807, 2.05) is 48.5 Å². The van der Waals surface area contributed by atoms with Crippen molar-refractivity contribution in [1.82, 2.24) is 0 Å². The van der Waals surface area contributed by atoms with Crippen molar-refractivity contribution < 1.29 is 19.1 Å². The van der Waals surface area contributed by atoms with Crippen LogP contribution in [0.2, 0.25) is 0 Å². The Morgan fingerprint density at radius 1 is 0.744 bits per heavy atom. The van der Waals surface area contributed by atoms with E-state index in [1.165, 1.54) is 36.8 Å². The van der Waals surface area contributed by atoms with Crippen LogP contribution >= 0.6 is 0 Å². The standard InChI is InChI=1S/C35H44O4/c1-33(2,3)24-12-7-21(8-13-24)31(36)38-28-20-35-18-17-27(29(35)23-11-16-26(35)19-23)30(28)39-32(37)22-9-14-25(15-10-22)34(4,5)6/h7-10,12-15,23,26-30H,11,16-20H2,1-6H3. The molecule has 39 heavy (non-hydrogen) atoms. The smallest absolute Gasteiger partial charge is 0.338 e. The van der Waals surface area contributed by atoms with Gasteiger partial charge in [-0.3, -0.25) is 0 Å². The van der Waals surface area contributed by atoms with Gasteiger partial charge >= 0.3 is 11.9 Å². The van der Waals surface area contributed by atoms with E-state index < -0.39 is 12.2 Å². The molecule has 0 radical (unpaired) electrons. The normalized spacial score (nSPS) is 33.1. The molecule has 7 unspecified atom stereocenters. The lowest BCUT2D eigenvalue weighted by molar-refractivity contribution is -0.121. The highest BCUT2D eigenvalue weighted by molar-refractivity contribution is 5.90. The molecule has 4 bridgehead atoms. The van der Waals surface area contributed by atoms with Gasteiger partial charge in [0.2, 0.25) is 0 Å². The first-order valence-electron chi connectivity index (χ1n) is 15.0. The second kappa shape index (κ2) is 9.21. The molecule has 2 aromatic carbocycles. The zero-order valence-corrected chi connectivity index (χ0v) is 24.5. The summed E-state index contributed by atoms with van der Waals surface area (Å²) in [4.78, 5) is 26.9. The lowest BCUT2D eigenvalue weighted by Crippen LogP contribution is -2.53. The molecule has 0 aliphatic heterocycles. The molecule has 0 spiro atoms. The van der Waals surface area contributed by atoms with Crippen molar-refractivity contribution >= 4 is 11.9 Å². The maximum absolute atomic E-state index is 13.5. The fourth-order valence-electron chi connectivity index (χ4n) is 8.79. The second-order valence-electron chi connectivity index (χ2n) is 14.9. The third-order valence-electron chi connectivity index (χ3n) is 10.7. The van der Waals surface area contributed by atoms with Crippen LogP contribution < -0.4 is 0 Å². The van der Waals surface area contributed by atoms with Gasteiger partial charge in [0.05, 0.1) is 11.1 Å². The van der Waals surface area contributed by atoms with Crippen molar-refractivity contribution in [3.63, 3.8) is 0 Å². The van der Waals surface area contributed by atoms with E-state index in [0.29, 0.717) is 17.0 Å². The van der Waals surface area contributed by atoms with Crippen LogP contribution in [0.3, 0.4) is 0 Å². The lowest BCUT2D eigenvalue weighted by atomic mass is 9.59. The molecule has 4 aliphatic rings. The van der Waals surface area contributed by atoms with Gasteiger partial charge < -0.3 is 9.47 Å². The Hall–Kier alpha value is -2.62. The summed E-state index contributed by atoms with van der Waals surface area (Å²) in [6, 6.07) is 15.6. The summed E-state index contributed by atoms with van der Waals surface area (Å²) in [5, 5.41) is 0. The minimum atomic E-state index is -0.402. The monoisotopic (exact) mass is 528 g/mol. The van der Waals surface area contributed by atoms with Gasteiger partial charge in [0.15, 0.2) is 0 Å². The van der Waals surface area contributed by atoms with E-state index in [-0.39, 0.29) is 34.1 Å². The van der Waals surface area contributed by atoms with Crippen molar-refractivity contribution in [3.05, 3.63) is 70.8 Å². The number of fused-ring (bicyclic) bond motifs is 2.